The zero-order valence-electron chi connectivity index (χ0n) is 9.81. The van der Waals surface area contributed by atoms with E-state index >= 15 is 0 Å². The molecule has 0 saturated carbocycles. The second-order valence-corrected chi connectivity index (χ2v) is 4.65. The Kier molecular flexibility index (Phi) is 4.99. The Bertz CT molecular complexity index is 486. The number of thiocarbonyl (C=S) groups is 2. The molecule has 5 nitrogen and oxygen atoms in total. The minimum absolute atomic E-state index is 0.119. The molecule has 94 valence electrons. The molecule has 2 amide bonds. The molecular formula is C11H11N3O2S2. The van der Waals surface area contributed by atoms with Crippen LogP contribution in [0.4, 0.5) is 0 Å². The van der Waals surface area contributed by atoms with Gasteiger partial charge in [-0.05, 0) is 26.0 Å². The standard InChI is InChI=1S/C11H11N3O2S2/c1-6(17)12-10(15)8-4-3-5-9(14-8)11(16)13-7(2)18/h3-5H,1-2H3,(H,12,15,17)(H,13,16,18). The summed E-state index contributed by atoms with van der Waals surface area (Å²) in [6.45, 7) is 3.17. The van der Waals surface area contributed by atoms with Crippen molar-refractivity contribution in [2.45, 2.75) is 13.8 Å². The summed E-state index contributed by atoms with van der Waals surface area (Å²) in [5.74, 6) is -0.896. The lowest BCUT2D eigenvalue weighted by Gasteiger charge is -2.05. The van der Waals surface area contributed by atoms with Crippen molar-refractivity contribution in [3.8, 4) is 0 Å². The van der Waals surface area contributed by atoms with Gasteiger partial charge in [-0.25, -0.2) is 4.98 Å². The average Bonchev–Trinajstić information content (AvgIpc) is 2.27. The molecule has 0 aliphatic rings. The highest BCUT2D eigenvalue weighted by atomic mass is 32.1. The first kappa shape index (κ1) is 14.3. The normalized spacial score (nSPS) is 9.44. The van der Waals surface area contributed by atoms with Gasteiger partial charge in [0.25, 0.3) is 11.8 Å². The van der Waals surface area contributed by atoms with E-state index in [2.05, 4.69) is 15.6 Å². The van der Waals surface area contributed by atoms with Crippen molar-refractivity contribution in [1.29, 1.82) is 0 Å². The minimum Gasteiger partial charge on any atom is -0.315 e. The van der Waals surface area contributed by atoms with E-state index in [1.165, 1.54) is 12.1 Å². The highest BCUT2D eigenvalue weighted by molar-refractivity contribution is 7.80. The number of nitrogens with zero attached hydrogens (tertiary/aromatic N) is 1. The van der Waals surface area contributed by atoms with Gasteiger partial charge < -0.3 is 10.6 Å². The van der Waals surface area contributed by atoms with E-state index < -0.39 is 11.8 Å². The Morgan fingerprint density at radius 2 is 1.39 bits per heavy atom. The molecule has 0 spiro atoms. The van der Waals surface area contributed by atoms with Crippen molar-refractivity contribution in [3.63, 3.8) is 0 Å². The molecule has 0 unspecified atom stereocenters. The van der Waals surface area contributed by atoms with Gasteiger partial charge in [0.05, 0.1) is 9.98 Å². The van der Waals surface area contributed by atoms with Crippen LogP contribution >= 0.6 is 24.4 Å². The van der Waals surface area contributed by atoms with Crippen LogP contribution in [0, 0.1) is 0 Å². The van der Waals surface area contributed by atoms with Crippen molar-refractivity contribution >= 4 is 46.2 Å². The number of rotatable bonds is 2. The van der Waals surface area contributed by atoms with Crippen molar-refractivity contribution < 1.29 is 9.59 Å². The number of amides is 2. The highest BCUT2D eigenvalue weighted by Gasteiger charge is 2.12. The van der Waals surface area contributed by atoms with Gasteiger partial charge >= 0.3 is 0 Å². The Morgan fingerprint density at radius 1 is 1.00 bits per heavy atom. The number of pyridine rings is 1. The molecule has 1 aromatic heterocycles. The van der Waals surface area contributed by atoms with Crippen molar-refractivity contribution in [2.75, 3.05) is 0 Å². The van der Waals surface area contributed by atoms with E-state index in [1.54, 1.807) is 19.9 Å². The molecule has 0 radical (unpaired) electrons. The smallest absolute Gasteiger partial charge is 0.274 e. The predicted molar refractivity (Wildman–Crippen MR) is 75.7 cm³/mol. The summed E-state index contributed by atoms with van der Waals surface area (Å²) in [5.41, 5.74) is 0.239. The lowest BCUT2D eigenvalue weighted by Crippen LogP contribution is -2.30. The van der Waals surface area contributed by atoms with Crippen LogP contribution in [-0.2, 0) is 0 Å². The number of aromatic nitrogens is 1. The van der Waals surface area contributed by atoms with E-state index in [4.69, 9.17) is 24.4 Å². The van der Waals surface area contributed by atoms with Crippen LogP contribution in [0.15, 0.2) is 18.2 Å². The molecule has 0 atom stereocenters. The summed E-state index contributed by atoms with van der Waals surface area (Å²) in [5, 5.41) is 4.88. The number of carbonyl (C=O) groups excluding carboxylic acids is 2. The zero-order valence-corrected chi connectivity index (χ0v) is 11.4. The quantitative estimate of drug-likeness (QED) is 0.798. The lowest BCUT2D eigenvalue weighted by atomic mass is 10.2. The van der Waals surface area contributed by atoms with Crippen LogP contribution in [0.2, 0.25) is 0 Å². The maximum atomic E-state index is 11.6. The van der Waals surface area contributed by atoms with Crippen LogP contribution < -0.4 is 10.6 Å². The van der Waals surface area contributed by atoms with E-state index in [0.29, 0.717) is 9.98 Å². The van der Waals surface area contributed by atoms with Gasteiger partial charge in [0.15, 0.2) is 0 Å². The van der Waals surface area contributed by atoms with Crippen LogP contribution in [-0.4, -0.2) is 26.8 Å². The molecule has 0 aliphatic heterocycles. The Hall–Kier alpha value is -1.73. The minimum atomic E-state index is -0.448. The summed E-state index contributed by atoms with van der Waals surface area (Å²) >= 11 is 9.51. The molecule has 0 aromatic carbocycles. The Labute approximate surface area is 115 Å². The van der Waals surface area contributed by atoms with Gasteiger partial charge in [0.1, 0.15) is 11.4 Å². The van der Waals surface area contributed by atoms with Gasteiger partial charge in [0, 0.05) is 0 Å². The highest BCUT2D eigenvalue weighted by Crippen LogP contribution is 2.00. The molecule has 7 heteroatoms. The maximum Gasteiger partial charge on any atom is 0.274 e. The topological polar surface area (TPSA) is 71.1 Å². The second-order valence-electron chi connectivity index (χ2n) is 3.43. The van der Waals surface area contributed by atoms with Gasteiger partial charge in [-0.1, -0.05) is 30.5 Å². The van der Waals surface area contributed by atoms with E-state index in [9.17, 15) is 9.59 Å². The zero-order chi connectivity index (χ0) is 13.7. The molecule has 0 saturated heterocycles. The average molecular weight is 281 g/mol. The molecule has 1 heterocycles. The fourth-order valence-corrected chi connectivity index (χ4v) is 1.32. The third kappa shape index (κ3) is 4.27. The third-order valence-corrected chi connectivity index (χ3v) is 2.00. The van der Waals surface area contributed by atoms with Gasteiger partial charge in [-0.2, -0.15) is 0 Å². The van der Waals surface area contributed by atoms with Crippen LogP contribution in [0.5, 0.6) is 0 Å². The molecule has 0 fully saturated rings. The maximum absolute atomic E-state index is 11.6. The predicted octanol–water partition coefficient (Wildman–Crippen LogP) is 1.24. The Morgan fingerprint density at radius 3 is 1.72 bits per heavy atom. The van der Waals surface area contributed by atoms with Crippen LogP contribution in [0.3, 0.4) is 0 Å². The summed E-state index contributed by atoms with van der Waals surface area (Å²) in [4.78, 5) is 27.9. The van der Waals surface area contributed by atoms with E-state index in [0.717, 1.165) is 0 Å². The van der Waals surface area contributed by atoms with Crippen LogP contribution in [0.25, 0.3) is 0 Å². The Balaban J connectivity index is 2.92. The number of carbonyl (C=O) groups is 2. The van der Waals surface area contributed by atoms with Gasteiger partial charge in [-0.3, -0.25) is 9.59 Å². The largest absolute Gasteiger partial charge is 0.315 e. The molecule has 1 rings (SSSR count). The number of hydrogen-bond acceptors (Lipinski definition) is 5. The summed E-state index contributed by atoms with van der Waals surface area (Å²) in [6, 6.07) is 4.55. The van der Waals surface area contributed by atoms with E-state index in [1.807, 2.05) is 0 Å². The molecule has 1 aromatic rings. The van der Waals surface area contributed by atoms with Crippen LogP contribution in [0.1, 0.15) is 34.8 Å². The molecule has 0 bridgehead atoms. The van der Waals surface area contributed by atoms with Crippen molar-refractivity contribution in [2.24, 2.45) is 0 Å². The van der Waals surface area contributed by atoms with Crippen molar-refractivity contribution in [1.82, 2.24) is 15.6 Å². The summed E-state index contributed by atoms with van der Waals surface area (Å²) in [7, 11) is 0. The number of nitrogens with one attached hydrogen (secondary N) is 2. The first-order valence-corrected chi connectivity index (χ1v) is 5.82. The summed E-state index contributed by atoms with van der Waals surface area (Å²) < 4.78 is 0. The van der Waals surface area contributed by atoms with E-state index in [-0.39, 0.29) is 11.4 Å². The van der Waals surface area contributed by atoms with Crippen molar-refractivity contribution in [3.05, 3.63) is 29.6 Å². The van der Waals surface area contributed by atoms with Gasteiger partial charge in [-0.15, -0.1) is 0 Å². The first-order valence-electron chi connectivity index (χ1n) is 5.01. The molecule has 2 N–H and O–H groups in total. The first-order chi connectivity index (χ1) is 8.40. The monoisotopic (exact) mass is 281 g/mol. The van der Waals surface area contributed by atoms with Gasteiger partial charge in [0.2, 0.25) is 0 Å². The lowest BCUT2D eigenvalue weighted by molar-refractivity contribution is 0.0969. The second kappa shape index (κ2) is 6.27. The molecular weight excluding hydrogens is 270 g/mol. The fraction of sp³-hybridized carbons (Fsp3) is 0.182. The molecule has 18 heavy (non-hydrogen) atoms. The molecule has 0 aliphatic carbocycles. The fourth-order valence-electron chi connectivity index (χ4n) is 1.14. The summed E-state index contributed by atoms with van der Waals surface area (Å²) in [6.07, 6.45) is 0. The SMILES string of the molecule is CC(=S)NC(=O)c1cccc(C(=O)NC(C)=S)n1. The number of hydrogen-bond donors (Lipinski definition) is 2. The third-order valence-electron chi connectivity index (χ3n) is 1.79.